The highest BCUT2D eigenvalue weighted by molar-refractivity contribution is 6.58. The molecule has 3 rings (SSSR count). The van der Waals surface area contributed by atoms with Crippen molar-refractivity contribution in [2.45, 2.75) is 16.0 Å². The Bertz CT molecular complexity index is 769. The fourth-order valence-corrected chi connectivity index (χ4v) is 4.06. The van der Waals surface area contributed by atoms with Gasteiger partial charge in [-0.3, -0.25) is 0 Å². The predicted octanol–water partition coefficient (Wildman–Crippen LogP) is 5.37. The lowest BCUT2D eigenvalue weighted by Gasteiger charge is -2.42. The van der Waals surface area contributed by atoms with E-state index in [1.54, 1.807) is 26.4 Å². The molecule has 24 heavy (non-hydrogen) atoms. The van der Waals surface area contributed by atoms with Gasteiger partial charge in [0, 0.05) is 5.56 Å². The first-order chi connectivity index (χ1) is 11.3. The number of hydrogen-bond acceptors (Lipinski definition) is 3. The fourth-order valence-electron chi connectivity index (χ4n) is 2.90. The van der Waals surface area contributed by atoms with Crippen LogP contribution < -0.4 is 9.47 Å². The molecule has 0 amide bonds. The van der Waals surface area contributed by atoms with Gasteiger partial charge in [0.2, 0.25) is 0 Å². The molecule has 2 aliphatic rings. The molecule has 2 atom stereocenters. The molecule has 0 fully saturated rings. The number of hydrogen-bond donors (Lipinski definition) is 0. The van der Waals surface area contributed by atoms with E-state index >= 15 is 0 Å². The van der Waals surface area contributed by atoms with Gasteiger partial charge in [0.1, 0.15) is 6.10 Å². The first kappa shape index (κ1) is 18.0. The summed E-state index contributed by atoms with van der Waals surface area (Å²) >= 11 is 25.5. The summed E-state index contributed by atoms with van der Waals surface area (Å²) in [7, 11) is 3.13. The van der Waals surface area contributed by atoms with E-state index in [1.807, 2.05) is 12.1 Å². The van der Waals surface area contributed by atoms with Gasteiger partial charge in [0.05, 0.1) is 24.3 Å². The van der Waals surface area contributed by atoms with Crippen LogP contribution in [0.3, 0.4) is 0 Å². The second-order valence-electron chi connectivity index (χ2n) is 5.39. The monoisotopic (exact) mass is 406 g/mol. The number of fused-ring (bicyclic) bond motifs is 2. The molecule has 1 aliphatic heterocycles. The van der Waals surface area contributed by atoms with Crippen molar-refractivity contribution in [2.24, 2.45) is 0 Å². The fraction of sp³-hybridized carbons (Fsp3) is 0.294. The maximum Gasteiger partial charge on any atom is 0.184 e. The van der Waals surface area contributed by atoms with Crippen LogP contribution in [-0.4, -0.2) is 24.7 Å². The molecule has 1 aromatic carbocycles. The third kappa shape index (κ3) is 2.38. The van der Waals surface area contributed by atoms with Crippen molar-refractivity contribution in [1.29, 1.82) is 0 Å². The summed E-state index contributed by atoms with van der Waals surface area (Å²) in [5.41, 5.74) is 0.536. The molecule has 0 saturated carbocycles. The average Bonchev–Trinajstić information content (AvgIpc) is 2.94. The van der Waals surface area contributed by atoms with E-state index in [0.29, 0.717) is 11.5 Å². The second kappa shape index (κ2) is 6.15. The smallest absolute Gasteiger partial charge is 0.184 e. The number of halogens is 4. The molecular weight excluding hydrogens is 394 g/mol. The Morgan fingerprint density at radius 2 is 1.75 bits per heavy atom. The third-order valence-corrected chi connectivity index (χ3v) is 6.20. The van der Waals surface area contributed by atoms with Crippen LogP contribution in [0.1, 0.15) is 11.1 Å². The number of methoxy groups -OCH3 is 2. The van der Waals surface area contributed by atoms with E-state index in [2.05, 4.69) is 6.58 Å². The Hall–Kier alpha value is -0.840. The zero-order valence-electron chi connectivity index (χ0n) is 12.9. The van der Waals surface area contributed by atoms with Gasteiger partial charge in [0.15, 0.2) is 21.4 Å². The molecule has 0 unspecified atom stereocenters. The van der Waals surface area contributed by atoms with Crippen molar-refractivity contribution >= 4 is 52.5 Å². The van der Waals surface area contributed by atoms with Gasteiger partial charge in [-0.05, 0) is 23.8 Å². The summed E-state index contributed by atoms with van der Waals surface area (Å²) < 4.78 is 15.4. The Morgan fingerprint density at radius 1 is 1.12 bits per heavy atom. The Balaban J connectivity index is 2.24. The van der Waals surface area contributed by atoms with Crippen molar-refractivity contribution in [3.63, 3.8) is 0 Å². The van der Waals surface area contributed by atoms with Crippen LogP contribution >= 0.6 is 46.4 Å². The van der Waals surface area contributed by atoms with Crippen LogP contribution in [-0.2, 0) is 10.3 Å². The van der Waals surface area contributed by atoms with E-state index in [4.69, 9.17) is 60.6 Å². The van der Waals surface area contributed by atoms with Crippen LogP contribution in [0.15, 0.2) is 40.9 Å². The molecule has 1 aromatic rings. The Morgan fingerprint density at radius 3 is 2.33 bits per heavy atom. The molecule has 1 heterocycles. The zero-order chi connectivity index (χ0) is 17.7. The van der Waals surface area contributed by atoms with Crippen LogP contribution in [0.25, 0.3) is 6.08 Å². The van der Waals surface area contributed by atoms with Gasteiger partial charge in [-0.15, -0.1) is 6.58 Å². The third-order valence-electron chi connectivity index (χ3n) is 4.15. The Kier molecular flexibility index (Phi) is 4.61. The average molecular weight is 408 g/mol. The minimum absolute atomic E-state index is 0.107. The first-order valence-corrected chi connectivity index (χ1v) is 8.53. The van der Waals surface area contributed by atoms with E-state index in [0.717, 1.165) is 11.1 Å². The van der Waals surface area contributed by atoms with Gasteiger partial charge in [-0.2, -0.15) is 0 Å². The quantitative estimate of drug-likeness (QED) is 0.497. The van der Waals surface area contributed by atoms with Crippen molar-refractivity contribution in [1.82, 2.24) is 0 Å². The number of benzene rings is 1. The van der Waals surface area contributed by atoms with Gasteiger partial charge in [0.25, 0.3) is 0 Å². The Labute approximate surface area is 160 Å². The van der Waals surface area contributed by atoms with Gasteiger partial charge < -0.3 is 14.2 Å². The lowest BCUT2D eigenvalue weighted by molar-refractivity contribution is -0.0278. The topological polar surface area (TPSA) is 27.7 Å². The normalized spacial score (nSPS) is 27.3. The van der Waals surface area contributed by atoms with Crippen LogP contribution in [0.2, 0.25) is 0 Å². The molecule has 0 saturated heterocycles. The minimum Gasteiger partial charge on any atom is -0.493 e. The molecule has 0 bridgehead atoms. The lowest BCUT2D eigenvalue weighted by Crippen LogP contribution is -2.46. The number of rotatable bonds is 3. The van der Waals surface area contributed by atoms with Crippen LogP contribution in [0.4, 0.5) is 0 Å². The molecular formula is C17H14Cl4O3. The molecule has 1 aliphatic carbocycles. The molecule has 0 radical (unpaired) electrons. The largest absolute Gasteiger partial charge is 0.493 e. The molecule has 128 valence electrons. The van der Waals surface area contributed by atoms with Crippen LogP contribution in [0, 0.1) is 0 Å². The minimum atomic E-state index is -1.50. The van der Waals surface area contributed by atoms with Gasteiger partial charge in [-0.25, -0.2) is 0 Å². The SMILES string of the molecule is C=C[C@@H]1O[C@@]2(C=Cc3cc(OC)c(OC)cc32)C(Cl)=C(Cl)C1(Cl)Cl. The molecule has 7 heteroatoms. The maximum atomic E-state index is 6.53. The van der Waals surface area contributed by atoms with Gasteiger partial charge >= 0.3 is 0 Å². The maximum absolute atomic E-state index is 6.53. The molecule has 3 nitrogen and oxygen atoms in total. The van der Waals surface area contributed by atoms with E-state index in [1.165, 1.54) is 6.08 Å². The lowest BCUT2D eigenvalue weighted by atomic mass is 9.90. The van der Waals surface area contributed by atoms with E-state index in [-0.39, 0.29) is 10.1 Å². The van der Waals surface area contributed by atoms with Gasteiger partial charge in [-0.1, -0.05) is 58.6 Å². The van der Waals surface area contributed by atoms with E-state index in [9.17, 15) is 0 Å². The summed E-state index contributed by atoms with van der Waals surface area (Å²) in [5.74, 6) is 1.15. The van der Waals surface area contributed by atoms with Crippen molar-refractivity contribution in [3.8, 4) is 11.5 Å². The highest BCUT2D eigenvalue weighted by atomic mass is 35.5. The summed E-state index contributed by atoms with van der Waals surface area (Å²) in [6.07, 6.45) is 4.43. The molecule has 0 aromatic heterocycles. The molecule has 0 N–H and O–H groups in total. The highest BCUT2D eigenvalue weighted by Crippen LogP contribution is 2.57. The predicted molar refractivity (Wildman–Crippen MR) is 98.5 cm³/mol. The van der Waals surface area contributed by atoms with Crippen molar-refractivity contribution in [2.75, 3.05) is 14.2 Å². The molecule has 1 spiro atoms. The number of ether oxygens (including phenoxy) is 3. The highest BCUT2D eigenvalue weighted by Gasteiger charge is 2.54. The van der Waals surface area contributed by atoms with Crippen LogP contribution in [0.5, 0.6) is 11.5 Å². The first-order valence-electron chi connectivity index (χ1n) is 7.02. The summed E-state index contributed by atoms with van der Waals surface area (Å²) in [4.78, 5) is 0. The van der Waals surface area contributed by atoms with Crippen molar-refractivity contribution < 1.29 is 14.2 Å². The number of alkyl halides is 2. The van der Waals surface area contributed by atoms with E-state index < -0.39 is 16.0 Å². The standard InChI is InChI=1S/C17H14Cl4O3/c1-4-13-17(20,21)15(19)14(18)16(24-13)6-5-9-7-11(22-2)12(23-3)8-10(9)16/h4-8,13H,1H2,2-3H3/t13-,16+/m0/s1. The second-order valence-corrected chi connectivity index (χ2v) is 7.53. The summed E-state index contributed by atoms with van der Waals surface area (Å²) in [6.45, 7) is 3.72. The van der Waals surface area contributed by atoms with Crippen molar-refractivity contribution in [3.05, 3.63) is 52.1 Å². The zero-order valence-corrected chi connectivity index (χ0v) is 15.9. The summed E-state index contributed by atoms with van der Waals surface area (Å²) in [5, 5.41) is 0.311. The summed E-state index contributed by atoms with van der Waals surface area (Å²) in [6, 6.07) is 3.64.